The van der Waals surface area contributed by atoms with Crippen LogP contribution >= 0.6 is 0 Å². The first kappa shape index (κ1) is 16.7. The first-order valence-corrected chi connectivity index (χ1v) is 6.62. The average molecular weight is 290 g/mol. The molecule has 0 heterocycles. The van der Waals surface area contributed by atoms with E-state index in [1.807, 2.05) is 44.2 Å². The molecule has 0 spiro atoms. The second-order valence-corrected chi connectivity index (χ2v) is 4.40. The zero-order valence-electron chi connectivity index (χ0n) is 12.4. The highest BCUT2D eigenvalue weighted by Crippen LogP contribution is 2.25. The highest BCUT2D eigenvalue weighted by molar-refractivity contribution is 5.36. The molecule has 0 bridgehead atoms. The molecular weight excluding hydrogens is 271 g/mol. The van der Waals surface area contributed by atoms with Gasteiger partial charge in [0, 0.05) is 0 Å². The van der Waals surface area contributed by atoms with Gasteiger partial charge in [-0.3, -0.25) is 4.79 Å². The largest absolute Gasteiger partial charge is 0.468 e. The van der Waals surface area contributed by atoms with Crippen LogP contribution in [0.4, 0.5) is 4.39 Å². The molecule has 0 aliphatic heterocycles. The zero-order valence-corrected chi connectivity index (χ0v) is 12.4. The fourth-order valence-corrected chi connectivity index (χ4v) is 1.49. The van der Waals surface area contributed by atoms with Gasteiger partial charge in [0.05, 0.1) is 6.61 Å². The van der Waals surface area contributed by atoms with E-state index in [0.29, 0.717) is 18.8 Å². The van der Waals surface area contributed by atoms with E-state index in [-0.39, 0.29) is 11.6 Å². The molecule has 2 aromatic rings. The van der Waals surface area contributed by atoms with Gasteiger partial charge in [-0.25, -0.2) is 4.39 Å². The standard InChI is InChI=1S/C14H13FO.C3H6O2/c1-10-3-6-12(7-4-10)16-14-8-5-11(2)9-13(14)15;1-2-5-3-4/h3-9H,1-2H3;3H,2H2,1H3. The molecule has 0 N–H and O–H groups in total. The van der Waals surface area contributed by atoms with Crippen molar-refractivity contribution < 1.29 is 18.7 Å². The molecule has 3 nitrogen and oxygen atoms in total. The monoisotopic (exact) mass is 290 g/mol. The predicted molar refractivity (Wildman–Crippen MR) is 80.1 cm³/mol. The van der Waals surface area contributed by atoms with Gasteiger partial charge in [0.25, 0.3) is 6.47 Å². The summed E-state index contributed by atoms with van der Waals surface area (Å²) in [6.45, 7) is 6.51. The molecule has 0 amide bonds. The molecule has 0 saturated carbocycles. The van der Waals surface area contributed by atoms with Crippen molar-refractivity contribution in [3.05, 3.63) is 59.4 Å². The molecule has 0 saturated heterocycles. The molecular formula is C17H19FO3. The molecule has 112 valence electrons. The van der Waals surface area contributed by atoms with Gasteiger partial charge in [0.2, 0.25) is 0 Å². The Morgan fingerprint density at radius 2 is 1.67 bits per heavy atom. The average Bonchev–Trinajstić information content (AvgIpc) is 2.46. The number of carbonyl (C=O) groups is 1. The Balaban J connectivity index is 0.000000383. The normalized spacial score (nSPS) is 9.33. The first-order chi connectivity index (χ1) is 10.1. The van der Waals surface area contributed by atoms with Crippen LogP contribution in [-0.2, 0) is 9.53 Å². The lowest BCUT2D eigenvalue weighted by Gasteiger charge is -2.07. The third kappa shape index (κ3) is 6.08. The molecule has 21 heavy (non-hydrogen) atoms. The van der Waals surface area contributed by atoms with Crippen molar-refractivity contribution in [3.63, 3.8) is 0 Å². The van der Waals surface area contributed by atoms with Gasteiger partial charge in [-0.15, -0.1) is 0 Å². The fourth-order valence-electron chi connectivity index (χ4n) is 1.49. The van der Waals surface area contributed by atoms with E-state index in [4.69, 9.17) is 4.74 Å². The fraction of sp³-hybridized carbons (Fsp3) is 0.235. The van der Waals surface area contributed by atoms with Crippen molar-refractivity contribution in [2.24, 2.45) is 0 Å². The van der Waals surface area contributed by atoms with Crippen LogP contribution in [0.5, 0.6) is 11.5 Å². The van der Waals surface area contributed by atoms with E-state index >= 15 is 0 Å². The van der Waals surface area contributed by atoms with Crippen molar-refractivity contribution >= 4 is 6.47 Å². The molecule has 0 radical (unpaired) electrons. The minimum atomic E-state index is -0.333. The van der Waals surface area contributed by atoms with Crippen molar-refractivity contribution in [1.82, 2.24) is 0 Å². The molecule has 4 heteroatoms. The molecule has 0 aliphatic rings. The summed E-state index contributed by atoms with van der Waals surface area (Å²) in [6.07, 6.45) is 0. The van der Waals surface area contributed by atoms with Gasteiger partial charge in [-0.05, 0) is 50.6 Å². The highest BCUT2D eigenvalue weighted by atomic mass is 19.1. The summed E-state index contributed by atoms with van der Waals surface area (Å²) in [5.74, 6) is 0.573. The summed E-state index contributed by atoms with van der Waals surface area (Å²) >= 11 is 0. The topological polar surface area (TPSA) is 35.5 Å². The Bertz CT molecular complexity index is 565. The second-order valence-electron chi connectivity index (χ2n) is 4.40. The lowest BCUT2D eigenvalue weighted by Crippen LogP contribution is -1.89. The van der Waals surface area contributed by atoms with E-state index in [1.54, 1.807) is 13.0 Å². The molecule has 2 rings (SSSR count). The van der Waals surface area contributed by atoms with Crippen molar-refractivity contribution in [3.8, 4) is 11.5 Å². The third-order valence-corrected chi connectivity index (χ3v) is 2.57. The van der Waals surface area contributed by atoms with E-state index in [1.165, 1.54) is 6.07 Å². The Hall–Kier alpha value is -2.36. The lowest BCUT2D eigenvalue weighted by atomic mass is 10.2. The second kappa shape index (κ2) is 8.74. The van der Waals surface area contributed by atoms with Crippen LogP contribution in [0.1, 0.15) is 18.1 Å². The maximum Gasteiger partial charge on any atom is 0.293 e. The van der Waals surface area contributed by atoms with Gasteiger partial charge in [-0.1, -0.05) is 23.8 Å². The number of aryl methyl sites for hydroxylation is 2. The summed E-state index contributed by atoms with van der Waals surface area (Å²) in [5, 5.41) is 0. The van der Waals surface area contributed by atoms with Crippen LogP contribution < -0.4 is 4.74 Å². The predicted octanol–water partition coefficient (Wildman–Crippen LogP) is 4.41. The SMILES string of the molecule is CCOC=O.Cc1ccc(Oc2ccc(C)cc2F)cc1. The van der Waals surface area contributed by atoms with E-state index in [0.717, 1.165) is 11.1 Å². The summed E-state index contributed by atoms with van der Waals surface area (Å²) in [5.41, 5.74) is 2.03. The molecule has 0 aliphatic carbocycles. The lowest BCUT2D eigenvalue weighted by molar-refractivity contribution is -0.128. The van der Waals surface area contributed by atoms with Crippen LogP contribution in [0.15, 0.2) is 42.5 Å². The Morgan fingerprint density at radius 3 is 2.14 bits per heavy atom. The summed E-state index contributed by atoms with van der Waals surface area (Å²) in [4.78, 5) is 9.18. The Kier molecular flexibility index (Phi) is 6.95. The summed E-state index contributed by atoms with van der Waals surface area (Å²) in [7, 11) is 0. The van der Waals surface area contributed by atoms with E-state index in [2.05, 4.69) is 4.74 Å². The van der Waals surface area contributed by atoms with Crippen molar-refractivity contribution in [1.29, 1.82) is 0 Å². The number of hydrogen-bond donors (Lipinski definition) is 0. The number of halogens is 1. The minimum Gasteiger partial charge on any atom is -0.468 e. The highest BCUT2D eigenvalue weighted by Gasteiger charge is 2.04. The van der Waals surface area contributed by atoms with Crippen molar-refractivity contribution in [2.45, 2.75) is 20.8 Å². The van der Waals surface area contributed by atoms with Gasteiger partial charge in [0.1, 0.15) is 5.75 Å². The molecule has 0 aromatic heterocycles. The zero-order chi connectivity index (χ0) is 15.7. The molecule has 2 aromatic carbocycles. The van der Waals surface area contributed by atoms with Crippen LogP contribution in [0.2, 0.25) is 0 Å². The van der Waals surface area contributed by atoms with Gasteiger partial charge < -0.3 is 9.47 Å². The Labute approximate surface area is 124 Å². The van der Waals surface area contributed by atoms with E-state index in [9.17, 15) is 9.18 Å². The number of rotatable bonds is 4. The van der Waals surface area contributed by atoms with Gasteiger partial charge in [-0.2, -0.15) is 0 Å². The molecule has 0 fully saturated rings. The van der Waals surface area contributed by atoms with Crippen LogP contribution in [0.25, 0.3) is 0 Å². The smallest absolute Gasteiger partial charge is 0.293 e. The third-order valence-electron chi connectivity index (χ3n) is 2.57. The maximum absolute atomic E-state index is 13.5. The van der Waals surface area contributed by atoms with Gasteiger partial charge >= 0.3 is 0 Å². The van der Waals surface area contributed by atoms with Crippen LogP contribution in [0.3, 0.4) is 0 Å². The van der Waals surface area contributed by atoms with E-state index < -0.39 is 0 Å². The first-order valence-electron chi connectivity index (χ1n) is 6.62. The quantitative estimate of drug-likeness (QED) is 0.782. The number of ether oxygens (including phenoxy) is 2. The molecule has 0 unspecified atom stereocenters. The Morgan fingerprint density at radius 1 is 1.05 bits per heavy atom. The number of carbonyl (C=O) groups excluding carboxylic acids is 1. The maximum atomic E-state index is 13.5. The molecule has 0 atom stereocenters. The van der Waals surface area contributed by atoms with Crippen molar-refractivity contribution in [2.75, 3.05) is 6.61 Å². The summed E-state index contributed by atoms with van der Waals surface area (Å²) < 4.78 is 23.1. The number of benzene rings is 2. The van der Waals surface area contributed by atoms with Crippen LogP contribution in [0, 0.1) is 19.7 Å². The minimum absolute atomic E-state index is 0.259. The summed E-state index contributed by atoms with van der Waals surface area (Å²) in [6, 6.07) is 12.5. The van der Waals surface area contributed by atoms with Gasteiger partial charge in [0.15, 0.2) is 11.6 Å². The van der Waals surface area contributed by atoms with Crippen LogP contribution in [-0.4, -0.2) is 13.1 Å². The number of hydrogen-bond acceptors (Lipinski definition) is 3.